The lowest BCUT2D eigenvalue weighted by molar-refractivity contribution is -0.384. The SMILES string of the molecule is COC(=O)c1ccc(/C=C/C(=O)c2ccc(Cl)c([N+](=O)[O-])c2)cc1. The van der Waals surface area contributed by atoms with E-state index >= 15 is 0 Å². The number of benzene rings is 2. The van der Waals surface area contributed by atoms with Crippen LogP contribution in [-0.2, 0) is 4.74 Å². The molecule has 0 atom stereocenters. The van der Waals surface area contributed by atoms with Crippen molar-refractivity contribution in [3.63, 3.8) is 0 Å². The van der Waals surface area contributed by atoms with Gasteiger partial charge in [-0.05, 0) is 35.9 Å². The Morgan fingerprint density at radius 3 is 2.33 bits per heavy atom. The van der Waals surface area contributed by atoms with Crippen LogP contribution in [0, 0.1) is 10.1 Å². The molecule has 0 heterocycles. The molecule has 2 aromatic carbocycles. The van der Waals surface area contributed by atoms with Gasteiger partial charge in [-0.15, -0.1) is 0 Å². The number of rotatable bonds is 5. The van der Waals surface area contributed by atoms with Gasteiger partial charge in [-0.1, -0.05) is 29.8 Å². The fraction of sp³-hybridized carbons (Fsp3) is 0.0588. The Morgan fingerprint density at radius 1 is 1.12 bits per heavy atom. The molecule has 0 unspecified atom stereocenters. The van der Waals surface area contributed by atoms with Crippen molar-refractivity contribution in [2.45, 2.75) is 0 Å². The normalized spacial score (nSPS) is 10.6. The molecule has 6 nitrogen and oxygen atoms in total. The standard InChI is InChI=1S/C17H12ClNO5/c1-24-17(21)12-5-2-11(3-6-12)4-9-16(20)13-7-8-14(18)15(10-13)19(22)23/h2-10H,1H3/b9-4+. The second-order valence-electron chi connectivity index (χ2n) is 4.73. The number of hydrogen-bond acceptors (Lipinski definition) is 5. The van der Waals surface area contributed by atoms with Crippen molar-refractivity contribution in [1.29, 1.82) is 0 Å². The molecule has 2 aromatic rings. The minimum Gasteiger partial charge on any atom is -0.465 e. The highest BCUT2D eigenvalue weighted by atomic mass is 35.5. The lowest BCUT2D eigenvalue weighted by atomic mass is 10.1. The summed E-state index contributed by atoms with van der Waals surface area (Å²) in [6.45, 7) is 0. The fourth-order valence-electron chi connectivity index (χ4n) is 1.92. The molecule has 0 aliphatic rings. The molecule has 0 amide bonds. The zero-order valence-corrected chi connectivity index (χ0v) is 13.3. The number of carbonyl (C=O) groups is 2. The molecule has 24 heavy (non-hydrogen) atoms. The molecule has 0 aliphatic carbocycles. The van der Waals surface area contributed by atoms with E-state index in [1.54, 1.807) is 30.3 Å². The van der Waals surface area contributed by atoms with Crippen molar-refractivity contribution in [2.75, 3.05) is 7.11 Å². The van der Waals surface area contributed by atoms with Gasteiger partial charge in [-0.3, -0.25) is 14.9 Å². The van der Waals surface area contributed by atoms with E-state index in [1.165, 1.54) is 25.3 Å². The second-order valence-corrected chi connectivity index (χ2v) is 5.14. The average Bonchev–Trinajstić information content (AvgIpc) is 2.59. The van der Waals surface area contributed by atoms with Crippen LogP contribution < -0.4 is 0 Å². The summed E-state index contributed by atoms with van der Waals surface area (Å²) in [6.07, 6.45) is 2.84. The van der Waals surface area contributed by atoms with E-state index in [9.17, 15) is 19.7 Å². The highest BCUT2D eigenvalue weighted by Gasteiger charge is 2.15. The summed E-state index contributed by atoms with van der Waals surface area (Å²) in [7, 11) is 1.29. The number of halogens is 1. The summed E-state index contributed by atoms with van der Waals surface area (Å²) in [4.78, 5) is 33.6. The maximum absolute atomic E-state index is 12.1. The van der Waals surface area contributed by atoms with E-state index in [0.717, 1.165) is 6.07 Å². The first-order valence-corrected chi connectivity index (χ1v) is 7.15. The van der Waals surface area contributed by atoms with Crippen molar-refractivity contribution >= 4 is 35.1 Å². The van der Waals surface area contributed by atoms with Gasteiger partial charge in [0.25, 0.3) is 5.69 Å². The molecule has 0 N–H and O–H groups in total. The Balaban J connectivity index is 2.17. The van der Waals surface area contributed by atoms with Crippen molar-refractivity contribution in [2.24, 2.45) is 0 Å². The van der Waals surface area contributed by atoms with Crippen LogP contribution in [0.5, 0.6) is 0 Å². The van der Waals surface area contributed by atoms with Crippen LogP contribution in [0.1, 0.15) is 26.3 Å². The highest BCUT2D eigenvalue weighted by Crippen LogP contribution is 2.25. The van der Waals surface area contributed by atoms with Gasteiger partial charge < -0.3 is 4.74 Å². The molecular weight excluding hydrogens is 334 g/mol. The summed E-state index contributed by atoms with van der Waals surface area (Å²) in [5, 5.41) is 10.8. The Morgan fingerprint density at radius 2 is 1.75 bits per heavy atom. The fourth-order valence-corrected chi connectivity index (χ4v) is 2.11. The summed E-state index contributed by atoms with van der Waals surface area (Å²) in [5.74, 6) is -0.845. The Kier molecular flexibility index (Phi) is 5.44. The van der Waals surface area contributed by atoms with Crippen molar-refractivity contribution in [3.8, 4) is 0 Å². The zero-order chi connectivity index (χ0) is 17.7. The number of nitro benzene ring substituents is 1. The molecule has 0 radical (unpaired) electrons. The van der Waals surface area contributed by atoms with Crippen LogP contribution in [0.3, 0.4) is 0 Å². The van der Waals surface area contributed by atoms with Gasteiger partial charge >= 0.3 is 5.97 Å². The highest BCUT2D eigenvalue weighted by molar-refractivity contribution is 6.32. The molecule has 0 saturated heterocycles. The molecule has 0 fully saturated rings. The van der Waals surface area contributed by atoms with Crippen molar-refractivity contribution in [1.82, 2.24) is 0 Å². The zero-order valence-electron chi connectivity index (χ0n) is 12.6. The molecule has 2 rings (SSSR count). The third kappa shape index (κ3) is 4.05. The first kappa shape index (κ1) is 17.4. The average molecular weight is 346 g/mol. The first-order chi connectivity index (χ1) is 11.4. The van der Waals surface area contributed by atoms with E-state index in [0.29, 0.717) is 11.1 Å². The first-order valence-electron chi connectivity index (χ1n) is 6.77. The summed E-state index contributed by atoms with van der Waals surface area (Å²) in [6, 6.07) is 10.3. The predicted octanol–water partition coefficient (Wildman–Crippen LogP) is 3.93. The van der Waals surface area contributed by atoms with E-state index in [4.69, 9.17) is 11.6 Å². The van der Waals surface area contributed by atoms with Crippen LogP contribution >= 0.6 is 11.6 Å². The Hall–Kier alpha value is -2.99. The number of methoxy groups -OCH3 is 1. The van der Waals surface area contributed by atoms with E-state index in [2.05, 4.69) is 4.74 Å². The lowest BCUT2D eigenvalue weighted by Crippen LogP contribution is -2.00. The number of carbonyl (C=O) groups excluding carboxylic acids is 2. The summed E-state index contributed by atoms with van der Waals surface area (Å²) < 4.78 is 4.60. The molecule has 7 heteroatoms. The predicted molar refractivity (Wildman–Crippen MR) is 89.3 cm³/mol. The number of ether oxygens (including phenoxy) is 1. The maximum Gasteiger partial charge on any atom is 0.337 e. The molecule has 0 saturated carbocycles. The van der Waals surface area contributed by atoms with Gasteiger partial charge in [0.05, 0.1) is 17.6 Å². The van der Waals surface area contributed by atoms with Crippen molar-refractivity contribution < 1.29 is 19.2 Å². The topological polar surface area (TPSA) is 86.5 Å². The number of allylic oxidation sites excluding steroid dienone is 1. The third-order valence-corrected chi connectivity index (χ3v) is 3.51. The maximum atomic E-state index is 12.1. The second kappa shape index (κ2) is 7.52. The van der Waals surface area contributed by atoms with Gasteiger partial charge in [-0.25, -0.2) is 4.79 Å². The van der Waals surface area contributed by atoms with E-state index < -0.39 is 16.7 Å². The van der Waals surface area contributed by atoms with Gasteiger partial charge in [0.2, 0.25) is 0 Å². The van der Waals surface area contributed by atoms with Gasteiger partial charge in [0.15, 0.2) is 5.78 Å². The van der Waals surface area contributed by atoms with Gasteiger partial charge in [-0.2, -0.15) is 0 Å². The largest absolute Gasteiger partial charge is 0.465 e. The number of hydrogen-bond donors (Lipinski definition) is 0. The smallest absolute Gasteiger partial charge is 0.337 e. The molecule has 0 spiro atoms. The minimum absolute atomic E-state index is 0.0288. The monoisotopic (exact) mass is 345 g/mol. The Bertz CT molecular complexity index is 827. The van der Waals surface area contributed by atoms with Crippen molar-refractivity contribution in [3.05, 3.63) is 80.4 Å². The minimum atomic E-state index is -0.644. The summed E-state index contributed by atoms with van der Waals surface area (Å²) in [5.41, 5.74) is 0.931. The molecule has 0 bridgehead atoms. The number of nitrogens with zero attached hydrogens (tertiary/aromatic N) is 1. The Labute approximate surface area is 142 Å². The van der Waals surface area contributed by atoms with Crippen LogP contribution in [0.2, 0.25) is 5.02 Å². The number of nitro groups is 1. The van der Waals surface area contributed by atoms with E-state index in [1.807, 2.05) is 0 Å². The van der Waals surface area contributed by atoms with Crippen LogP contribution in [0.25, 0.3) is 6.08 Å². The van der Waals surface area contributed by atoms with Crippen LogP contribution in [0.4, 0.5) is 5.69 Å². The van der Waals surface area contributed by atoms with Crippen LogP contribution in [-0.4, -0.2) is 23.8 Å². The lowest BCUT2D eigenvalue weighted by Gasteiger charge is -2.00. The molecule has 122 valence electrons. The quantitative estimate of drug-likeness (QED) is 0.269. The van der Waals surface area contributed by atoms with E-state index in [-0.39, 0.29) is 16.3 Å². The molecule has 0 aliphatic heterocycles. The number of esters is 1. The van der Waals surface area contributed by atoms with Crippen LogP contribution in [0.15, 0.2) is 48.5 Å². The molecule has 0 aromatic heterocycles. The van der Waals surface area contributed by atoms with Gasteiger partial charge in [0, 0.05) is 11.6 Å². The number of ketones is 1. The third-order valence-electron chi connectivity index (χ3n) is 3.19. The molecular formula is C17H12ClNO5. The summed E-state index contributed by atoms with van der Waals surface area (Å²) >= 11 is 5.71. The van der Waals surface area contributed by atoms with Gasteiger partial charge in [0.1, 0.15) is 5.02 Å².